The molecule has 1 unspecified atom stereocenters. The monoisotopic (exact) mass is 374 g/mol. The second-order valence-corrected chi connectivity index (χ2v) is 8.14. The van der Waals surface area contributed by atoms with Crippen molar-refractivity contribution in [2.45, 2.75) is 30.6 Å². The summed E-state index contributed by atoms with van der Waals surface area (Å²) in [6.07, 6.45) is 2.16. The number of carboxylic acid groups (broad SMARTS) is 1. The maximum Gasteiger partial charge on any atom is 0.335 e. The van der Waals surface area contributed by atoms with E-state index in [9.17, 15) is 18.0 Å². The lowest BCUT2D eigenvalue weighted by Crippen LogP contribution is -2.32. The summed E-state index contributed by atoms with van der Waals surface area (Å²) in [6, 6.07) is 3.56. The maximum atomic E-state index is 12.8. The van der Waals surface area contributed by atoms with Crippen LogP contribution in [0.1, 0.15) is 36.0 Å². The first-order chi connectivity index (χ1) is 11.2. The highest BCUT2D eigenvalue weighted by molar-refractivity contribution is 7.89. The van der Waals surface area contributed by atoms with E-state index in [-0.39, 0.29) is 40.3 Å². The van der Waals surface area contributed by atoms with E-state index in [1.807, 2.05) is 0 Å². The van der Waals surface area contributed by atoms with Crippen molar-refractivity contribution >= 4 is 33.5 Å². The summed E-state index contributed by atoms with van der Waals surface area (Å²) >= 11 is 5.99. The number of rotatable bonds is 5. The summed E-state index contributed by atoms with van der Waals surface area (Å²) < 4.78 is 26.9. The zero-order valence-corrected chi connectivity index (χ0v) is 14.5. The summed E-state index contributed by atoms with van der Waals surface area (Å²) in [5, 5.41) is 8.82. The van der Waals surface area contributed by atoms with Gasteiger partial charge in [-0.15, -0.1) is 0 Å². The van der Waals surface area contributed by atoms with Crippen LogP contribution < -0.4 is 5.73 Å². The molecule has 1 heterocycles. The average Bonchev–Trinajstić information content (AvgIpc) is 2.72. The molecule has 1 aliphatic rings. The molecule has 9 heteroatoms. The zero-order valence-electron chi connectivity index (χ0n) is 12.9. The van der Waals surface area contributed by atoms with Crippen molar-refractivity contribution in [1.29, 1.82) is 0 Å². The van der Waals surface area contributed by atoms with Crippen molar-refractivity contribution in [1.82, 2.24) is 4.31 Å². The van der Waals surface area contributed by atoms with Gasteiger partial charge in [-0.1, -0.05) is 11.6 Å². The Labute approximate surface area is 145 Å². The van der Waals surface area contributed by atoms with Crippen LogP contribution >= 0.6 is 11.6 Å². The van der Waals surface area contributed by atoms with Crippen LogP contribution in [0.15, 0.2) is 23.1 Å². The summed E-state index contributed by atoms with van der Waals surface area (Å²) in [5.41, 5.74) is 5.14. The molecule has 0 spiro atoms. The number of carbonyl (C=O) groups is 2. The minimum absolute atomic E-state index is 0.0728. The van der Waals surface area contributed by atoms with Gasteiger partial charge < -0.3 is 10.8 Å². The van der Waals surface area contributed by atoms with Gasteiger partial charge in [0.2, 0.25) is 15.9 Å². The summed E-state index contributed by atoms with van der Waals surface area (Å²) in [4.78, 5) is 21.9. The number of halogens is 1. The minimum atomic E-state index is -3.82. The smallest absolute Gasteiger partial charge is 0.335 e. The number of carboxylic acids is 1. The van der Waals surface area contributed by atoms with Crippen molar-refractivity contribution in [3.63, 3.8) is 0 Å². The molecule has 1 aromatic carbocycles. The Morgan fingerprint density at radius 1 is 1.29 bits per heavy atom. The second-order valence-electron chi connectivity index (χ2n) is 5.82. The highest BCUT2D eigenvalue weighted by Crippen LogP contribution is 2.29. The summed E-state index contributed by atoms with van der Waals surface area (Å²) in [6.45, 7) is 0.603. The molecule has 2 rings (SSSR count). The number of benzene rings is 1. The van der Waals surface area contributed by atoms with E-state index in [4.69, 9.17) is 22.4 Å². The standard InChI is InChI=1S/C15H19ClN2O5S/c16-12-9-11(15(20)21)3-4-13(12)24(22,23)18-6-1-2-10(5-7-18)8-14(17)19/h3-4,9-10H,1-2,5-8H2,(H2,17,19)(H,20,21). The fraction of sp³-hybridized carbons (Fsp3) is 0.467. The number of primary amides is 1. The Morgan fingerprint density at radius 2 is 2.00 bits per heavy atom. The van der Waals surface area contributed by atoms with E-state index in [2.05, 4.69) is 0 Å². The van der Waals surface area contributed by atoms with Gasteiger partial charge in [-0.3, -0.25) is 4.79 Å². The highest BCUT2D eigenvalue weighted by atomic mass is 35.5. The van der Waals surface area contributed by atoms with Crippen LogP contribution in [0.3, 0.4) is 0 Å². The van der Waals surface area contributed by atoms with Crippen molar-refractivity contribution in [2.75, 3.05) is 13.1 Å². The molecule has 1 fully saturated rings. The van der Waals surface area contributed by atoms with E-state index < -0.39 is 16.0 Å². The topological polar surface area (TPSA) is 118 Å². The molecule has 0 aromatic heterocycles. The molecule has 1 amide bonds. The van der Waals surface area contributed by atoms with Gasteiger partial charge in [0.15, 0.2) is 0 Å². The third kappa shape index (κ3) is 4.25. The van der Waals surface area contributed by atoms with Gasteiger partial charge in [0.05, 0.1) is 10.6 Å². The van der Waals surface area contributed by atoms with Crippen LogP contribution in [0.2, 0.25) is 5.02 Å². The largest absolute Gasteiger partial charge is 0.478 e. The first-order valence-corrected chi connectivity index (χ1v) is 9.35. The molecular formula is C15H19ClN2O5S. The van der Waals surface area contributed by atoms with Crippen LogP contribution in [0, 0.1) is 5.92 Å². The number of hydrogen-bond donors (Lipinski definition) is 2. The van der Waals surface area contributed by atoms with Crippen LogP contribution in [0.4, 0.5) is 0 Å². The summed E-state index contributed by atoms with van der Waals surface area (Å²) in [5.74, 6) is -1.49. The quantitative estimate of drug-likeness (QED) is 0.813. The van der Waals surface area contributed by atoms with E-state index in [1.54, 1.807) is 0 Å². The SMILES string of the molecule is NC(=O)CC1CCCN(S(=O)(=O)c2ccc(C(=O)O)cc2Cl)CC1. The molecule has 24 heavy (non-hydrogen) atoms. The van der Waals surface area contributed by atoms with Crippen molar-refractivity contribution < 1.29 is 23.1 Å². The third-order valence-electron chi connectivity index (χ3n) is 4.09. The van der Waals surface area contributed by atoms with E-state index in [0.29, 0.717) is 19.4 Å². The fourth-order valence-corrected chi connectivity index (χ4v) is 4.86. The van der Waals surface area contributed by atoms with Crippen LogP contribution in [0.5, 0.6) is 0 Å². The Kier molecular flexibility index (Phi) is 5.84. The van der Waals surface area contributed by atoms with Crippen LogP contribution in [-0.4, -0.2) is 42.8 Å². The number of aromatic carboxylic acids is 1. The predicted molar refractivity (Wildman–Crippen MR) is 88.3 cm³/mol. The van der Waals surface area contributed by atoms with E-state index in [1.165, 1.54) is 16.4 Å². The average molecular weight is 375 g/mol. The Hall–Kier alpha value is -1.64. The number of nitrogens with two attached hydrogens (primary N) is 1. The molecule has 1 atom stereocenters. The molecule has 1 saturated heterocycles. The molecule has 3 N–H and O–H groups in total. The molecule has 0 radical (unpaired) electrons. The molecule has 1 aromatic rings. The molecule has 0 bridgehead atoms. The maximum absolute atomic E-state index is 12.8. The van der Waals surface area contributed by atoms with Gasteiger partial charge in [-0.25, -0.2) is 13.2 Å². The Bertz CT molecular complexity index is 750. The number of carbonyl (C=O) groups excluding carboxylic acids is 1. The molecule has 1 aliphatic heterocycles. The predicted octanol–water partition coefficient (Wildman–Crippen LogP) is 1.70. The van der Waals surface area contributed by atoms with Crippen molar-refractivity contribution in [2.24, 2.45) is 11.7 Å². The first kappa shape index (κ1) is 18.7. The highest BCUT2D eigenvalue weighted by Gasteiger charge is 2.30. The number of hydrogen-bond acceptors (Lipinski definition) is 4. The van der Waals surface area contributed by atoms with Gasteiger partial charge >= 0.3 is 5.97 Å². The number of nitrogens with zero attached hydrogens (tertiary/aromatic N) is 1. The number of amides is 1. The Balaban J connectivity index is 2.21. The number of sulfonamides is 1. The van der Waals surface area contributed by atoms with E-state index >= 15 is 0 Å². The third-order valence-corrected chi connectivity index (χ3v) is 6.47. The van der Waals surface area contributed by atoms with Gasteiger partial charge in [0.25, 0.3) is 0 Å². The molecule has 0 aliphatic carbocycles. The van der Waals surface area contributed by atoms with Crippen molar-refractivity contribution in [3.05, 3.63) is 28.8 Å². The van der Waals surface area contributed by atoms with Gasteiger partial charge in [-0.2, -0.15) is 4.31 Å². The molecular weight excluding hydrogens is 356 g/mol. The van der Waals surface area contributed by atoms with Crippen LogP contribution in [-0.2, 0) is 14.8 Å². The molecule has 132 valence electrons. The van der Waals surface area contributed by atoms with Gasteiger partial charge in [0, 0.05) is 19.5 Å². The minimum Gasteiger partial charge on any atom is -0.478 e. The van der Waals surface area contributed by atoms with E-state index in [0.717, 1.165) is 12.5 Å². The second kappa shape index (κ2) is 7.50. The van der Waals surface area contributed by atoms with Crippen LogP contribution in [0.25, 0.3) is 0 Å². The molecule has 7 nitrogen and oxygen atoms in total. The molecule has 0 saturated carbocycles. The lowest BCUT2D eigenvalue weighted by atomic mass is 9.97. The first-order valence-electron chi connectivity index (χ1n) is 7.53. The van der Waals surface area contributed by atoms with Gasteiger partial charge in [-0.05, 0) is 43.4 Å². The fourth-order valence-electron chi connectivity index (χ4n) is 2.85. The Morgan fingerprint density at radius 3 is 2.58 bits per heavy atom. The lowest BCUT2D eigenvalue weighted by Gasteiger charge is -2.21. The van der Waals surface area contributed by atoms with Crippen molar-refractivity contribution in [3.8, 4) is 0 Å². The van der Waals surface area contributed by atoms with Gasteiger partial charge in [0.1, 0.15) is 4.90 Å². The normalized spacial score (nSPS) is 19.6. The lowest BCUT2D eigenvalue weighted by molar-refractivity contribution is -0.119. The summed E-state index contributed by atoms with van der Waals surface area (Å²) in [7, 11) is -3.82. The zero-order chi connectivity index (χ0) is 17.9.